The third-order valence-corrected chi connectivity index (χ3v) is 5.15. The molecule has 1 amide bonds. The van der Waals surface area contributed by atoms with Crippen molar-refractivity contribution in [1.29, 1.82) is 0 Å². The van der Waals surface area contributed by atoms with E-state index in [1.165, 1.54) is 5.56 Å². The van der Waals surface area contributed by atoms with E-state index in [9.17, 15) is 4.79 Å². The van der Waals surface area contributed by atoms with Crippen LogP contribution in [0.1, 0.15) is 40.7 Å². The maximum atomic E-state index is 12.8. The van der Waals surface area contributed by atoms with Crippen LogP contribution in [-0.4, -0.2) is 40.2 Å². The number of carbonyl (C=O) groups is 1. The van der Waals surface area contributed by atoms with Crippen LogP contribution in [0.2, 0.25) is 0 Å². The predicted octanol–water partition coefficient (Wildman–Crippen LogP) is 2.36. The maximum absolute atomic E-state index is 12.8. The normalized spacial score (nSPS) is 19.8. The second kappa shape index (κ2) is 5.41. The molecular weight excluding hydrogens is 290 g/mol. The summed E-state index contributed by atoms with van der Waals surface area (Å²) in [6.45, 7) is 2.04. The van der Waals surface area contributed by atoms with Gasteiger partial charge < -0.3 is 9.64 Å². The van der Waals surface area contributed by atoms with Crippen molar-refractivity contribution >= 4 is 5.91 Å². The molecular formula is C18H21N3O2. The predicted molar refractivity (Wildman–Crippen MR) is 86.7 cm³/mol. The molecule has 0 spiro atoms. The number of aromatic nitrogens is 2. The van der Waals surface area contributed by atoms with Gasteiger partial charge in [-0.1, -0.05) is 18.2 Å². The monoisotopic (exact) mass is 311 g/mol. The van der Waals surface area contributed by atoms with Gasteiger partial charge in [0.25, 0.3) is 5.91 Å². The van der Waals surface area contributed by atoms with Crippen LogP contribution in [-0.2, 0) is 19.3 Å². The largest absolute Gasteiger partial charge is 0.488 e. The van der Waals surface area contributed by atoms with Crippen molar-refractivity contribution in [3.05, 3.63) is 46.8 Å². The molecule has 1 aromatic heterocycles. The number of nitrogens with zero attached hydrogens (tertiary/aromatic N) is 2. The number of likely N-dealkylation sites (N-methyl/N-ethyl adjacent to an activating group) is 1. The van der Waals surface area contributed by atoms with E-state index in [-0.39, 0.29) is 18.1 Å². The molecule has 1 N–H and O–H groups in total. The molecule has 1 aliphatic heterocycles. The summed E-state index contributed by atoms with van der Waals surface area (Å²) >= 11 is 0. The lowest BCUT2D eigenvalue weighted by molar-refractivity contribution is 0.0591. The molecule has 120 valence electrons. The smallest absolute Gasteiger partial charge is 0.274 e. The number of carbonyl (C=O) groups excluding carboxylic acids is 1. The fraction of sp³-hybridized carbons (Fsp3) is 0.444. The first-order chi connectivity index (χ1) is 11.1. The van der Waals surface area contributed by atoms with Crippen LogP contribution in [0.25, 0.3) is 0 Å². The Kier molecular flexibility index (Phi) is 3.36. The van der Waals surface area contributed by atoms with Gasteiger partial charge in [0.15, 0.2) is 5.69 Å². The highest BCUT2D eigenvalue weighted by Gasteiger charge is 2.34. The second-order valence-electron chi connectivity index (χ2n) is 6.51. The Balaban J connectivity index is 1.50. The van der Waals surface area contributed by atoms with E-state index in [2.05, 4.69) is 16.3 Å². The molecule has 5 heteroatoms. The highest BCUT2D eigenvalue weighted by molar-refractivity contribution is 5.94. The van der Waals surface area contributed by atoms with Gasteiger partial charge in [0, 0.05) is 24.7 Å². The van der Waals surface area contributed by atoms with E-state index in [0.29, 0.717) is 5.69 Å². The number of nitrogens with one attached hydrogen (secondary N) is 1. The Hall–Kier alpha value is -2.30. The van der Waals surface area contributed by atoms with Crippen LogP contribution in [0.4, 0.5) is 0 Å². The average molecular weight is 311 g/mol. The van der Waals surface area contributed by atoms with E-state index < -0.39 is 0 Å². The van der Waals surface area contributed by atoms with Gasteiger partial charge in [-0.3, -0.25) is 9.89 Å². The van der Waals surface area contributed by atoms with Crippen LogP contribution < -0.4 is 4.74 Å². The minimum atomic E-state index is -0.0172. The molecule has 2 atom stereocenters. The number of ether oxygens (including phenoxy) is 1. The molecule has 2 aromatic rings. The first kappa shape index (κ1) is 14.3. The quantitative estimate of drug-likeness (QED) is 0.946. The van der Waals surface area contributed by atoms with Gasteiger partial charge in [-0.05, 0) is 37.8 Å². The number of aryl methyl sites for hydroxylation is 1. The van der Waals surface area contributed by atoms with E-state index in [1.54, 1.807) is 4.90 Å². The van der Waals surface area contributed by atoms with Gasteiger partial charge in [0.2, 0.25) is 0 Å². The minimum Gasteiger partial charge on any atom is -0.488 e. The van der Waals surface area contributed by atoms with Crippen molar-refractivity contribution in [2.45, 2.75) is 44.8 Å². The number of aromatic amines is 1. The molecule has 1 aliphatic carbocycles. The molecule has 0 radical (unpaired) electrons. The summed E-state index contributed by atoms with van der Waals surface area (Å²) in [5.41, 5.74) is 4.02. The van der Waals surface area contributed by atoms with Crippen LogP contribution in [0.15, 0.2) is 24.3 Å². The molecule has 0 saturated heterocycles. The molecule has 5 nitrogen and oxygen atoms in total. The fourth-order valence-electron chi connectivity index (χ4n) is 3.58. The van der Waals surface area contributed by atoms with Gasteiger partial charge >= 0.3 is 0 Å². The molecule has 2 aliphatic rings. The highest BCUT2D eigenvalue weighted by atomic mass is 16.5. The Bertz CT molecular complexity index is 727. The maximum Gasteiger partial charge on any atom is 0.274 e. The average Bonchev–Trinajstić information content (AvgIpc) is 3.26. The number of benzene rings is 1. The summed E-state index contributed by atoms with van der Waals surface area (Å²) in [5.74, 6) is 0.919. The Morgan fingerprint density at radius 3 is 3.04 bits per heavy atom. The molecule has 4 rings (SSSR count). The summed E-state index contributed by atoms with van der Waals surface area (Å²) in [6.07, 6.45) is 3.88. The third-order valence-electron chi connectivity index (χ3n) is 5.15. The van der Waals surface area contributed by atoms with Crippen molar-refractivity contribution in [3.8, 4) is 5.75 Å². The van der Waals surface area contributed by atoms with Gasteiger partial charge in [-0.15, -0.1) is 0 Å². The lowest BCUT2D eigenvalue weighted by Gasteiger charge is -2.29. The van der Waals surface area contributed by atoms with E-state index in [1.807, 2.05) is 32.2 Å². The van der Waals surface area contributed by atoms with Gasteiger partial charge in [0.05, 0.1) is 6.04 Å². The molecule has 0 bridgehead atoms. The molecule has 23 heavy (non-hydrogen) atoms. The number of rotatable bonds is 3. The topological polar surface area (TPSA) is 58.2 Å². The molecule has 0 fully saturated rings. The van der Waals surface area contributed by atoms with Crippen LogP contribution in [0.5, 0.6) is 5.75 Å². The van der Waals surface area contributed by atoms with Crippen LogP contribution >= 0.6 is 0 Å². The zero-order chi connectivity index (χ0) is 16.0. The van der Waals surface area contributed by atoms with Crippen molar-refractivity contribution in [3.63, 3.8) is 0 Å². The Morgan fingerprint density at radius 2 is 2.22 bits per heavy atom. The van der Waals surface area contributed by atoms with Crippen molar-refractivity contribution in [2.75, 3.05) is 7.05 Å². The Labute approximate surface area is 135 Å². The minimum absolute atomic E-state index is 0.00617. The Morgan fingerprint density at radius 1 is 1.39 bits per heavy atom. The van der Waals surface area contributed by atoms with E-state index >= 15 is 0 Å². The summed E-state index contributed by atoms with van der Waals surface area (Å²) < 4.78 is 6.03. The number of fused-ring (bicyclic) bond motifs is 2. The first-order valence-electron chi connectivity index (χ1n) is 8.23. The zero-order valence-electron chi connectivity index (χ0n) is 13.5. The van der Waals surface area contributed by atoms with Crippen molar-refractivity contribution < 1.29 is 9.53 Å². The number of hydrogen-bond acceptors (Lipinski definition) is 3. The van der Waals surface area contributed by atoms with Gasteiger partial charge in [0.1, 0.15) is 11.9 Å². The summed E-state index contributed by atoms with van der Waals surface area (Å²) in [4.78, 5) is 14.6. The lowest BCUT2D eigenvalue weighted by Crippen LogP contribution is -2.45. The number of hydrogen-bond donors (Lipinski definition) is 1. The zero-order valence-corrected chi connectivity index (χ0v) is 13.5. The summed E-state index contributed by atoms with van der Waals surface area (Å²) in [5, 5.41) is 7.27. The SMILES string of the molecule is C[C@@H]([C@@H]1Cc2ccccc2O1)N(C)C(=O)c1n[nH]c2c1CCC2. The van der Waals surface area contributed by atoms with Crippen molar-refractivity contribution in [2.24, 2.45) is 0 Å². The lowest BCUT2D eigenvalue weighted by atomic mass is 10.0. The van der Waals surface area contributed by atoms with E-state index in [0.717, 1.165) is 42.7 Å². The van der Waals surface area contributed by atoms with E-state index in [4.69, 9.17) is 4.74 Å². The number of H-pyrrole nitrogens is 1. The fourth-order valence-corrected chi connectivity index (χ4v) is 3.58. The van der Waals surface area contributed by atoms with Gasteiger partial charge in [-0.25, -0.2) is 0 Å². The van der Waals surface area contributed by atoms with Crippen LogP contribution in [0.3, 0.4) is 0 Å². The molecule has 0 saturated carbocycles. The number of amides is 1. The molecule has 2 heterocycles. The number of para-hydroxylation sites is 1. The van der Waals surface area contributed by atoms with Gasteiger partial charge in [-0.2, -0.15) is 5.10 Å². The first-order valence-corrected chi connectivity index (χ1v) is 8.23. The van der Waals surface area contributed by atoms with Crippen LogP contribution in [0, 0.1) is 0 Å². The standard InChI is InChI=1S/C18H21N3O2/c1-11(16-10-12-6-3-4-9-15(12)23-16)21(2)18(22)17-13-7-5-8-14(13)19-20-17/h3-4,6,9,11,16H,5,7-8,10H2,1-2H3,(H,19,20)/t11-,16-/m0/s1. The summed E-state index contributed by atoms with van der Waals surface area (Å²) in [6, 6.07) is 8.07. The third kappa shape index (κ3) is 2.31. The second-order valence-corrected chi connectivity index (χ2v) is 6.51. The van der Waals surface area contributed by atoms with Crippen molar-refractivity contribution in [1.82, 2.24) is 15.1 Å². The molecule has 0 unspecified atom stereocenters. The molecule has 1 aromatic carbocycles. The highest BCUT2D eigenvalue weighted by Crippen LogP contribution is 2.31. The summed E-state index contributed by atoms with van der Waals surface area (Å²) in [7, 11) is 1.84.